The van der Waals surface area contributed by atoms with Gasteiger partial charge in [-0.05, 0) is 25.5 Å². The Bertz CT molecular complexity index is 746. The maximum Gasteiger partial charge on any atom is 0.409 e. The van der Waals surface area contributed by atoms with E-state index in [9.17, 15) is 9.59 Å². The summed E-state index contributed by atoms with van der Waals surface area (Å²) in [4.78, 5) is 34.0. The predicted octanol–water partition coefficient (Wildman–Crippen LogP) is 1.15. The van der Waals surface area contributed by atoms with E-state index in [4.69, 9.17) is 9.47 Å². The summed E-state index contributed by atoms with van der Waals surface area (Å²) in [6.45, 7) is 6.20. The molecular weight excluding hydrogens is 374 g/mol. The summed E-state index contributed by atoms with van der Waals surface area (Å²) in [5.41, 5.74) is 0.822. The lowest BCUT2D eigenvalue weighted by Gasteiger charge is -2.36. The van der Waals surface area contributed by atoms with Crippen LogP contribution < -0.4 is 15.0 Å². The maximum absolute atomic E-state index is 12.2. The van der Waals surface area contributed by atoms with Gasteiger partial charge < -0.3 is 29.5 Å². The van der Waals surface area contributed by atoms with Gasteiger partial charge in [0.15, 0.2) is 12.6 Å². The van der Waals surface area contributed by atoms with Gasteiger partial charge >= 0.3 is 6.09 Å². The number of guanidine groups is 1. The zero-order valence-corrected chi connectivity index (χ0v) is 17.1. The quantitative estimate of drug-likeness (QED) is 0.451. The molecule has 0 aliphatic carbocycles. The largest absolute Gasteiger partial charge is 0.482 e. The van der Waals surface area contributed by atoms with Crippen molar-refractivity contribution in [1.29, 1.82) is 0 Å². The number of aliphatic imine (C=N–C) groups is 1. The molecule has 1 aromatic rings. The van der Waals surface area contributed by atoms with Gasteiger partial charge in [-0.1, -0.05) is 12.1 Å². The van der Waals surface area contributed by atoms with Crippen LogP contribution in [0.25, 0.3) is 0 Å². The molecule has 0 bridgehead atoms. The van der Waals surface area contributed by atoms with E-state index in [0.29, 0.717) is 45.9 Å². The van der Waals surface area contributed by atoms with E-state index in [0.717, 1.165) is 23.8 Å². The fraction of sp³-hybridized carbons (Fsp3) is 0.550. The summed E-state index contributed by atoms with van der Waals surface area (Å²) in [5, 5.41) is 3.36. The average molecular weight is 403 g/mol. The second-order valence-corrected chi connectivity index (χ2v) is 6.80. The van der Waals surface area contributed by atoms with Crippen LogP contribution >= 0.6 is 0 Å². The van der Waals surface area contributed by atoms with Gasteiger partial charge in [-0.3, -0.25) is 9.79 Å². The van der Waals surface area contributed by atoms with Crippen LogP contribution in [0.4, 0.5) is 10.5 Å². The summed E-state index contributed by atoms with van der Waals surface area (Å²) in [7, 11) is 1.75. The number of carbonyl (C=O) groups excluding carboxylic acids is 2. The molecule has 1 N–H and O–H groups in total. The first kappa shape index (κ1) is 20.8. The lowest BCUT2D eigenvalue weighted by atomic mass is 10.2. The summed E-state index contributed by atoms with van der Waals surface area (Å²) in [6.07, 6.45) is 0.521. The number of nitrogens with one attached hydrogen (secondary N) is 1. The Balaban J connectivity index is 1.44. The molecule has 0 atom stereocenters. The number of para-hydroxylation sites is 2. The first-order valence-corrected chi connectivity index (χ1v) is 10.0. The minimum atomic E-state index is -0.259. The number of benzene rings is 1. The zero-order valence-electron chi connectivity index (χ0n) is 17.1. The number of nitrogens with zero attached hydrogens (tertiary/aromatic N) is 4. The molecule has 1 fully saturated rings. The molecular formula is C20H29N5O4. The highest BCUT2D eigenvalue weighted by Gasteiger charge is 2.25. The number of carbonyl (C=O) groups is 2. The number of hydrogen-bond donors (Lipinski definition) is 1. The van der Waals surface area contributed by atoms with Crippen molar-refractivity contribution in [3.05, 3.63) is 24.3 Å². The third kappa shape index (κ3) is 5.10. The van der Waals surface area contributed by atoms with Gasteiger partial charge in [0.1, 0.15) is 5.75 Å². The summed E-state index contributed by atoms with van der Waals surface area (Å²) in [6, 6.07) is 7.59. The number of piperazine rings is 1. The molecule has 3 rings (SSSR count). The molecule has 2 heterocycles. The fourth-order valence-electron chi connectivity index (χ4n) is 3.48. The van der Waals surface area contributed by atoms with Crippen molar-refractivity contribution in [2.75, 3.05) is 64.4 Å². The number of anilines is 1. The van der Waals surface area contributed by atoms with E-state index in [1.165, 1.54) is 0 Å². The van der Waals surface area contributed by atoms with Crippen molar-refractivity contribution < 1.29 is 19.1 Å². The Morgan fingerprint density at radius 2 is 1.93 bits per heavy atom. The number of fused-ring (bicyclic) bond motifs is 1. The van der Waals surface area contributed by atoms with Gasteiger partial charge in [-0.25, -0.2) is 4.79 Å². The second kappa shape index (κ2) is 9.99. The smallest absolute Gasteiger partial charge is 0.409 e. The van der Waals surface area contributed by atoms with Gasteiger partial charge in [0.05, 0.1) is 12.3 Å². The van der Waals surface area contributed by atoms with Gasteiger partial charge in [-0.15, -0.1) is 0 Å². The highest BCUT2D eigenvalue weighted by Crippen LogP contribution is 2.31. The Kier molecular flexibility index (Phi) is 7.15. The minimum absolute atomic E-state index is 0.0248. The van der Waals surface area contributed by atoms with Crippen molar-refractivity contribution in [3.63, 3.8) is 0 Å². The van der Waals surface area contributed by atoms with E-state index in [1.807, 2.05) is 31.2 Å². The van der Waals surface area contributed by atoms with Crippen molar-refractivity contribution in [3.8, 4) is 5.75 Å². The molecule has 0 saturated carbocycles. The molecule has 2 amide bonds. The molecule has 9 heteroatoms. The summed E-state index contributed by atoms with van der Waals surface area (Å²) in [5.74, 6) is 1.53. The number of ether oxygens (including phenoxy) is 2. The van der Waals surface area contributed by atoms with Gasteiger partial charge in [0, 0.05) is 46.3 Å². The highest BCUT2D eigenvalue weighted by molar-refractivity contribution is 5.97. The predicted molar refractivity (Wildman–Crippen MR) is 110 cm³/mol. The molecule has 1 aromatic carbocycles. The molecule has 2 aliphatic heterocycles. The summed E-state index contributed by atoms with van der Waals surface area (Å²) >= 11 is 0. The van der Waals surface area contributed by atoms with Crippen LogP contribution in [0.2, 0.25) is 0 Å². The standard InChI is InChI=1S/C20H29N5O4/c1-3-28-20(27)24-13-11-23(12-14-24)19(21-2)22-9-6-10-25-16-7-4-5-8-17(16)29-15-18(25)26/h4-5,7-8H,3,6,9-15H2,1-2H3,(H,21,22). The van der Waals surface area contributed by atoms with Crippen LogP contribution in [0.1, 0.15) is 13.3 Å². The molecule has 9 nitrogen and oxygen atoms in total. The average Bonchev–Trinajstić information content (AvgIpc) is 2.75. The molecule has 29 heavy (non-hydrogen) atoms. The normalized spacial score (nSPS) is 17.0. The molecule has 2 aliphatic rings. The topological polar surface area (TPSA) is 86.7 Å². The van der Waals surface area contributed by atoms with Gasteiger partial charge in [-0.2, -0.15) is 0 Å². The van der Waals surface area contributed by atoms with E-state index >= 15 is 0 Å². The van der Waals surface area contributed by atoms with E-state index in [2.05, 4.69) is 15.2 Å². The Morgan fingerprint density at radius 1 is 1.21 bits per heavy atom. The first-order chi connectivity index (χ1) is 14.1. The molecule has 0 radical (unpaired) electrons. The van der Waals surface area contributed by atoms with Crippen LogP contribution in [0.5, 0.6) is 5.75 Å². The van der Waals surface area contributed by atoms with E-state index in [-0.39, 0.29) is 18.6 Å². The monoisotopic (exact) mass is 403 g/mol. The Morgan fingerprint density at radius 3 is 2.66 bits per heavy atom. The lowest BCUT2D eigenvalue weighted by Crippen LogP contribution is -2.54. The SMILES string of the molecule is CCOC(=O)N1CCN(C(=NC)NCCCN2C(=O)COc3ccccc32)CC1. The van der Waals surface area contributed by atoms with E-state index in [1.54, 1.807) is 16.8 Å². The minimum Gasteiger partial charge on any atom is -0.482 e. The summed E-state index contributed by atoms with van der Waals surface area (Å²) < 4.78 is 10.5. The number of amides is 2. The van der Waals surface area contributed by atoms with E-state index < -0.39 is 0 Å². The maximum atomic E-state index is 12.2. The molecule has 0 unspecified atom stereocenters. The van der Waals surface area contributed by atoms with Crippen LogP contribution in [0, 0.1) is 0 Å². The van der Waals surface area contributed by atoms with Gasteiger partial charge in [0.2, 0.25) is 0 Å². The van der Waals surface area contributed by atoms with Crippen molar-refractivity contribution in [2.24, 2.45) is 4.99 Å². The van der Waals surface area contributed by atoms with Crippen LogP contribution in [0.15, 0.2) is 29.3 Å². The third-order valence-electron chi connectivity index (χ3n) is 4.97. The lowest BCUT2D eigenvalue weighted by molar-refractivity contribution is -0.121. The van der Waals surface area contributed by atoms with Crippen molar-refractivity contribution >= 4 is 23.6 Å². The van der Waals surface area contributed by atoms with Crippen LogP contribution in [0.3, 0.4) is 0 Å². The van der Waals surface area contributed by atoms with Crippen LogP contribution in [-0.4, -0.2) is 87.3 Å². The van der Waals surface area contributed by atoms with Crippen molar-refractivity contribution in [2.45, 2.75) is 13.3 Å². The van der Waals surface area contributed by atoms with Crippen molar-refractivity contribution in [1.82, 2.24) is 15.1 Å². The zero-order chi connectivity index (χ0) is 20.6. The second-order valence-electron chi connectivity index (χ2n) is 6.80. The Hall–Kier alpha value is -2.97. The number of hydrogen-bond acceptors (Lipinski definition) is 5. The number of rotatable bonds is 5. The molecule has 0 spiro atoms. The highest BCUT2D eigenvalue weighted by atomic mass is 16.6. The van der Waals surface area contributed by atoms with Crippen LogP contribution in [-0.2, 0) is 9.53 Å². The molecule has 1 saturated heterocycles. The first-order valence-electron chi connectivity index (χ1n) is 10.0. The Labute approximate surface area is 171 Å². The molecule has 158 valence electrons. The molecule has 0 aromatic heterocycles. The fourth-order valence-corrected chi connectivity index (χ4v) is 3.48. The van der Waals surface area contributed by atoms with Gasteiger partial charge in [0.25, 0.3) is 5.91 Å². The third-order valence-corrected chi connectivity index (χ3v) is 4.97.